The maximum atomic E-state index is 12.6. The molecule has 26 heavy (non-hydrogen) atoms. The molecule has 2 aliphatic heterocycles. The van der Waals surface area contributed by atoms with E-state index in [0.29, 0.717) is 38.6 Å². The average molecular weight is 382 g/mol. The van der Waals surface area contributed by atoms with Gasteiger partial charge in [-0.05, 0) is 25.3 Å². The summed E-state index contributed by atoms with van der Waals surface area (Å²) in [6, 6.07) is 1.90. The third-order valence-electron chi connectivity index (χ3n) is 4.50. The zero-order chi connectivity index (χ0) is 18.6. The molecular formula is C16H22N4O5S. The first kappa shape index (κ1) is 18.7. The van der Waals surface area contributed by atoms with Gasteiger partial charge in [-0.15, -0.1) is 0 Å². The number of piperidine rings is 2. The first-order chi connectivity index (χ1) is 12.5. The van der Waals surface area contributed by atoms with Gasteiger partial charge in [-0.1, -0.05) is 0 Å². The molecule has 2 saturated heterocycles. The molecule has 0 aliphatic carbocycles. The number of nitrogens with zero attached hydrogens (tertiary/aromatic N) is 4. The van der Waals surface area contributed by atoms with E-state index < -0.39 is 10.0 Å². The number of likely N-dealkylation sites (tertiary alicyclic amines) is 1. The zero-order valence-corrected chi connectivity index (χ0v) is 15.2. The van der Waals surface area contributed by atoms with E-state index in [0.717, 1.165) is 4.90 Å². The Morgan fingerprint density at radius 1 is 1.12 bits per heavy atom. The quantitative estimate of drug-likeness (QED) is 0.646. The summed E-state index contributed by atoms with van der Waals surface area (Å²) in [5, 5.41) is 0. The molecule has 142 valence electrons. The fourth-order valence-corrected chi connectivity index (χ4v) is 4.61. The third kappa shape index (κ3) is 4.55. The van der Waals surface area contributed by atoms with E-state index >= 15 is 0 Å². The Kier molecular flexibility index (Phi) is 5.82. The number of ether oxygens (including phenoxy) is 1. The molecule has 10 heteroatoms. The van der Waals surface area contributed by atoms with Gasteiger partial charge in [0, 0.05) is 38.3 Å². The van der Waals surface area contributed by atoms with E-state index in [4.69, 9.17) is 4.74 Å². The number of carbonyl (C=O) groups excluding carboxylic acids is 2. The third-order valence-corrected chi connectivity index (χ3v) is 6.32. The standard InChI is InChI=1S/C16H22N4O5S/c21-14-5-1-6-15(22)20(14)10-11-26(23,24)19-9-2-4-13(12-19)25-16-17-7-3-8-18-16/h3,7-8,13H,1-2,4-6,9-12H2. The summed E-state index contributed by atoms with van der Waals surface area (Å²) in [6.45, 7) is 0.520. The van der Waals surface area contributed by atoms with Gasteiger partial charge in [-0.25, -0.2) is 18.4 Å². The molecule has 3 rings (SSSR count). The number of sulfonamides is 1. The highest BCUT2D eigenvalue weighted by Gasteiger charge is 2.32. The van der Waals surface area contributed by atoms with E-state index in [-0.39, 0.29) is 42.8 Å². The monoisotopic (exact) mass is 382 g/mol. The smallest absolute Gasteiger partial charge is 0.316 e. The van der Waals surface area contributed by atoms with Gasteiger partial charge in [0.05, 0.1) is 12.3 Å². The summed E-state index contributed by atoms with van der Waals surface area (Å²) in [5.74, 6) is -0.853. The van der Waals surface area contributed by atoms with Crippen molar-refractivity contribution < 1.29 is 22.7 Å². The van der Waals surface area contributed by atoms with Crippen LogP contribution in [0, 0.1) is 0 Å². The lowest BCUT2D eigenvalue weighted by Gasteiger charge is -2.32. The highest BCUT2D eigenvalue weighted by Crippen LogP contribution is 2.19. The van der Waals surface area contributed by atoms with Crippen LogP contribution in [0.4, 0.5) is 0 Å². The summed E-state index contributed by atoms with van der Waals surface area (Å²) in [5.41, 5.74) is 0. The number of carbonyl (C=O) groups is 2. The molecule has 2 amide bonds. The van der Waals surface area contributed by atoms with Gasteiger partial charge in [-0.3, -0.25) is 14.5 Å². The Morgan fingerprint density at radius 2 is 1.81 bits per heavy atom. The first-order valence-electron chi connectivity index (χ1n) is 8.70. The topological polar surface area (TPSA) is 110 Å². The Balaban J connectivity index is 1.58. The van der Waals surface area contributed by atoms with Gasteiger partial charge < -0.3 is 4.74 Å². The summed E-state index contributed by atoms with van der Waals surface area (Å²) >= 11 is 0. The first-order valence-corrected chi connectivity index (χ1v) is 10.3. The lowest BCUT2D eigenvalue weighted by atomic mass is 10.1. The summed E-state index contributed by atoms with van der Waals surface area (Å²) in [6.07, 6.45) is 5.31. The van der Waals surface area contributed by atoms with Gasteiger partial charge >= 0.3 is 6.01 Å². The van der Waals surface area contributed by atoms with Crippen LogP contribution in [0.5, 0.6) is 6.01 Å². The van der Waals surface area contributed by atoms with Gasteiger partial charge in [0.25, 0.3) is 0 Å². The van der Waals surface area contributed by atoms with Crippen LogP contribution in [0.3, 0.4) is 0 Å². The van der Waals surface area contributed by atoms with Crippen LogP contribution >= 0.6 is 0 Å². The number of amides is 2. The van der Waals surface area contributed by atoms with Crippen molar-refractivity contribution >= 4 is 21.8 Å². The molecule has 1 aromatic rings. The molecule has 0 radical (unpaired) electrons. The minimum Gasteiger partial charge on any atom is -0.459 e. The summed E-state index contributed by atoms with van der Waals surface area (Å²) in [7, 11) is -3.59. The van der Waals surface area contributed by atoms with Crippen LogP contribution in [-0.2, 0) is 19.6 Å². The van der Waals surface area contributed by atoms with E-state index in [9.17, 15) is 18.0 Å². The second-order valence-electron chi connectivity index (χ2n) is 6.38. The van der Waals surface area contributed by atoms with Crippen LogP contribution < -0.4 is 4.74 Å². The molecule has 0 saturated carbocycles. The van der Waals surface area contributed by atoms with E-state index in [1.54, 1.807) is 18.5 Å². The second-order valence-corrected chi connectivity index (χ2v) is 8.47. The minimum absolute atomic E-state index is 0.0934. The van der Waals surface area contributed by atoms with Gasteiger partial charge in [-0.2, -0.15) is 4.31 Å². The normalized spacial score (nSPS) is 22.5. The molecular weight excluding hydrogens is 360 g/mol. The number of imide groups is 1. The SMILES string of the molecule is O=C1CCCC(=O)N1CCS(=O)(=O)N1CCCC(Oc2ncccn2)C1. The highest BCUT2D eigenvalue weighted by molar-refractivity contribution is 7.89. The number of aromatic nitrogens is 2. The minimum atomic E-state index is -3.59. The molecule has 1 atom stereocenters. The van der Waals surface area contributed by atoms with Crippen molar-refractivity contribution in [3.8, 4) is 6.01 Å². The molecule has 1 unspecified atom stereocenters. The van der Waals surface area contributed by atoms with Crippen LogP contribution in [0.25, 0.3) is 0 Å². The number of hydrogen-bond acceptors (Lipinski definition) is 7. The van der Waals surface area contributed by atoms with Crippen molar-refractivity contribution in [1.29, 1.82) is 0 Å². The second kappa shape index (κ2) is 8.09. The lowest BCUT2D eigenvalue weighted by molar-refractivity contribution is -0.147. The molecule has 3 heterocycles. The van der Waals surface area contributed by atoms with Crippen LogP contribution in [0.15, 0.2) is 18.5 Å². The van der Waals surface area contributed by atoms with Crippen molar-refractivity contribution in [2.24, 2.45) is 0 Å². The molecule has 0 spiro atoms. The Bertz CT molecular complexity index is 739. The van der Waals surface area contributed by atoms with Gasteiger partial charge in [0.1, 0.15) is 6.10 Å². The average Bonchev–Trinajstić information content (AvgIpc) is 2.62. The highest BCUT2D eigenvalue weighted by atomic mass is 32.2. The Morgan fingerprint density at radius 3 is 2.50 bits per heavy atom. The summed E-state index contributed by atoms with van der Waals surface area (Å²) < 4.78 is 32.3. The lowest BCUT2D eigenvalue weighted by Crippen LogP contribution is -2.48. The van der Waals surface area contributed by atoms with Gasteiger partial charge in [0.2, 0.25) is 21.8 Å². The van der Waals surface area contributed by atoms with Crippen molar-refractivity contribution in [2.45, 2.75) is 38.2 Å². The van der Waals surface area contributed by atoms with E-state index in [1.165, 1.54) is 4.31 Å². The van der Waals surface area contributed by atoms with Crippen molar-refractivity contribution in [3.63, 3.8) is 0 Å². The molecule has 2 aliphatic rings. The Labute approximate surface area is 152 Å². The van der Waals surface area contributed by atoms with E-state index in [2.05, 4.69) is 9.97 Å². The molecule has 0 bridgehead atoms. The predicted molar refractivity (Wildman–Crippen MR) is 91.6 cm³/mol. The van der Waals surface area contributed by atoms with Crippen molar-refractivity contribution in [1.82, 2.24) is 19.2 Å². The van der Waals surface area contributed by atoms with Crippen LogP contribution in [0.1, 0.15) is 32.1 Å². The summed E-state index contributed by atoms with van der Waals surface area (Å²) in [4.78, 5) is 32.7. The van der Waals surface area contributed by atoms with Crippen LogP contribution in [-0.4, -0.2) is 70.9 Å². The van der Waals surface area contributed by atoms with Crippen molar-refractivity contribution in [2.75, 3.05) is 25.4 Å². The molecule has 0 N–H and O–H groups in total. The molecule has 9 nitrogen and oxygen atoms in total. The maximum absolute atomic E-state index is 12.6. The zero-order valence-electron chi connectivity index (χ0n) is 14.4. The maximum Gasteiger partial charge on any atom is 0.316 e. The molecule has 2 fully saturated rings. The predicted octanol–water partition coefficient (Wildman–Crippen LogP) is 0.189. The van der Waals surface area contributed by atoms with Crippen LogP contribution in [0.2, 0.25) is 0 Å². The number of rotatable bonds is 6. The van der Waals surface area contributed by atoms with Crippen molar-refractivity contribution in [3.05, 3.63) is 18.5 Å². The molecule has 1 aromatic heterocycles. The Hall–Kier alpha value is -2.07. The van der Waals surface area contributed by atoms with E-state index in [1.807, 2.05) is 0 Å². The fourth-order valence-electron chi connectivity index (χ4n) is 3.13. The fraction of sp³-hybridized carbons (Fsp3) is 0.625. The number of hydrogen-bond donors (Lipinski definition) is 0. The van der Waals surface area contributed by atoms with Gasteiger partial charge in [0.15, 0.2) is 0 Å². The molecule has 0 aromatic carbocycles. The largest absolute Gasteiger partial charge is 0.459 e.